The van der Waals surface area contributed by atoms with Gasteiger partial charge in [-0.2, -0.15) is 10.2 Å². The van der Waals surface area contributed by atoms with Crippen LogP contribution in [0.15, 0.2) is 24.5 Å². The third-order valence-electron chi connectivity index (χ3n) is 6.92. The first-order valence-electron chi connectivity index (χ1n) is 10.7. The minimum absolute atomic E-state index is 0.0690. The number of alkyl halides is 1. The Labute approximate surface area is 177 Å². The van der Waals surface area contributed by atoms with Gasteiger partial charge >= 0.3 is 6.09 Å². The predicted molar refractivity (Wildman–Crippen MR) is 110 cm³/mol. The van der Waals surface area contributed by atoms with E-state index in [9.17, 15) is 4.79 Å². The summed E-state index contributed by atoms with van der Waals surface area (Å²) in [6, 6.07) is 3.72. The maximum atomic E-state index is 15.1. The van der Waals surface area contributed by atoms with Crippen molar-refractivity contribution < 1.29 is 13.9 Å². The quantitative estimate of drug-likeness (QED) is 0.578. The molecule has 9 nitrogen and oxygen atoms in total. The van der Waals surface area contributed by atoms with Gasteiger partial charge in [0.25, 0.3) is 0 Å². The van der Waals surface area contributed by atoms with Gasteiger partial charge in [0.05, 0.1) is 5.69 Å². The van der Waals surface area contributed by atoms with Crippen LogP contribution in [0.25, 0.3) is 5.52 Å². The molecule has 4 fully saturated rings. The molecule has 4 aliphatic carbocycles. The van der Waals surface area contributed by atoms with Crippen LogP contribution in [-0.2, 0) is 4.74 Å². The number of carbonyl (C=O) groups excluding carboxylic acids is 1. The molecule has 3 N–H and O–H groups in total. The second kappa shape index (κ2) is 6.66. The molecular weight excluding hydrogens is 401 g/mol. The first kappa shape index (κ1) is 18.6. The van der Waals surface area contributed by atoms with Crippen molar-refractivity contribution in [1.29, 1.82) is 0 Å². The van der Waals surface area contributed by atoms with E-state index in [1.165, 1.54) is 0 Å². The van der Waals surface area contributed by atoms with E-state index in [1.807, 2.05) is 13.0 Å². The minimum Gasteiger partial charge on any atom is -0.443 e. The smallest absolute Gasteiger partial charge is 0.407 e. The average molecular weight is 425 g/mol. The Morgan fingerprint density at radius 3 is 2.94 bits per heavy atom. The van der Waals surface area contributed by atoms with Crippen molar-refractivity contribution in [3.8, 4) is 0 Å². The van der Waals surface area contributed by atoms with Crippen LogP contribution in [-0.4, -0.2) is 48.7 Å². The number of carbonyl (C=O) groups is 1. The zero-order valence-electron chi connectivity index (χ0n) is 17.1. The van der Waals surface area contributed by atoms with Gasteiger partial charge in [0.1, 0.15) is 17.8 Å². The van der Waals surface area contributed by atoms with Gasteiger partial charge in [-0.25, -0.2) is 18.7 Å². The number of rotatable bonds is 5. The summed E-state index contributed by atoms with van der Waals surface area (Å²) in [5.41, 5.74) is 2.32. The molecule has 0 spiro atoms. The monoisotopic (exact) mass is 425 g/mol. The van der Waals surface area contributed by atoms with Gasteiger partial charge in [0, 0.05) is 35.6 Å². The van der Waals surface area contributed by atoms with Crippen LogP contribution in [0.2, 0.25) is 0 Å². The molecule has 3 heterocycles. The average Bonchev–Trinajstić information content (AvgIpc) is 3.37. The van der Waals surface area contributed by atoms with Gasteiger partial charge in [-0.3, -0.25) is 5.10 Å². The summed E-state index contributed by atoms with van der Waals surface area (Å²) in [5.74, 6) is 1.54. The zero-order chi connectivity index (χ0) is 21.2. The number of amides is 1. The van der Waals surface area contributed by atoms with Crippen molar-refractivity contribution in [2.75, 3.05) is 5.32 Å². The normalized spacial score (nSPS) is 31.2. The Kier molecular flexibility index (Phi) is 4.00. The van der Waals surface area contributed by atoms with E-state index in [1.54, 1.807) is 23.0 Å². The molecule has 0 aromatic carbocycles. The van der Waals surface area contributed by atoms with Gasteiger partial charge in [-0.05, 0) is 51.0 Å². The summed E-state index contributed by atoms with van der Waals surface area (Å²) >= 11 is 0. The van der Waals surface area contributed by atoms with Crippen molar-refractivity contribution in [2.24, 2.45) is 5.92 Å². The molecule has 0 unspecified atom stereocenters. The fourth-order valence-corrected chi connectivity index (χ4v) is 5.24. The van der Waals surface area contributed by atoms with Crippen LogP contribution in [0.1, 0.15) is 49.4 Å². The molecule has 10 heteroatoms. The Balaban J connectivity index is 1.11. The highest BCUT2D eigenvalue weighted by Crippen LogP contribution is 2.57. The Hall–Kier alpha value is -3.17. The molecule has 162 valence electrons. The molecule has 0 saturated heterocycles. The van der Waals surface area contributed by atoms with Crippen LogP contribution in [0, 0.1) is 12.8 Å². The van der Waals surface area contributed by atoms with Crippen LogP contribution >= 0.6 is 0 Å². The van der Waals surface area contributed by atoms with Gasteiger partial charge in [0.15, 0.2) is 11.6 Å². The van der Waals surface area contributed by atoms with Crippen molar-refractivity contribution >= 4 is 23.2 Å². The van der Waals surface area contributed by atoms with Crippen LogP contribution in [0.3, 0.4) is 0 Å². The van der Waals surface area contributed by atoms with Gasteiger partial charge < -0.3 is 15.4 Å². The lowest BCUT2D eigenvalue weighted by Crippen LogP contribution is -2.68. The van der Waals surface area contributed by atoms with Gasteiger partial charge in [0.2, 0.25) is 0 Å². The third kappa shape index (κ3) is 3.12. The molecule has 1 amide bonds. The fourth-order valence-electron chi connectivity index (χ4n) is 5.24. The second-order valence-electron chi connectivity index (χ2n) is 9.18. The third-order valence-corrected chi connectivity index (χ3v) is 6.92. The van der Waals surface area contributed by atoms with Crippen LogP contribution in [0.4, 0.5) is 20.8 Å². The molecule has 2 bridgehead atoms. The summed E-state index contributed by atoms with van der Waals surface area (Å²) in [7, 11) is 0. The molecule has 4 aliphatic rings. The van der Waals surface area contributed by atoms with Gasteiger partial charge in [-0.1, -0.05) is 0 Å². The number of aryl methyl sites for hydroxylation is 1. The number of anilines is 2. The SMILES string of the molecule is Cc1cc2c(Nc3cc([C@H]4CC[C@@H](OC(=O)NC56CC(C5)C6)[C@@H]4F)[nH]n3)nccn2n1. The maximum absolute atomic E-state index is 15.1. The van der Waals surface area contributed by atoms with E-state index in [0.717, 1.165) is 36.4 Å². The number of ether oxygens (including phenoxy) is 1. The Bertz CT molecular complexity index is 1140. The van der Waals surface area contributed by atoms with Gasteiger partial charge in [-0.15, -0.1) is 0 Å². The van der Waals surface area contributed by atoms with E-state index in [2.05, 4.69) is 30.9 Å². The Morgan fingerprint density at radius 2 is 2.16 bits per heavy atom. The highest BCUT2D eigenvalue weighted by Gasteiger charge is 2.58. The first-order chi connectivity index (χ1) is 15.0. The van der Waals surface area contributed by atoms with E-state index < -0.39 is 24.3 Å². The highest BCUT2D eigenvalue weighted by atomic mass is 19.1. The van der Waals surface area contributed by atoms with E-state index in [4.69, 9.17) is 4.74 Å². The molecule has 0 aliphatic heterocycles. The van der Waals surface area contributed by atoms with Crippen molar-refractivity contribution in [2.45, 2.75) is 62.8 Å². The maximum Gasteiger partial charge on any atom is 0.407 e. The molecule has 31 heavy (non-hydrogen) atoms. The number of nitrogens with zero attached hydrogens (tertiary/aromatic N) is 4. The summed E-state index contributed by atoms with van der Waals surface area (Å²) in [6.07, 6.45) is 5.10. The minimum atomic E-state index is -1.27. The molecule has 3 aromatic heterocycles. The Morgan fingerprint density at radius 1 is 1.32 bits per heavy atom. The molecule has 3 atom stereocenters. The number of nitrogens with one attached hydrogen (secondary N) is 3. The van der Waals surface area contributed by atoms with E-state index in [-0.39, 0.29) is 5.54 Å². The number of H-pyrrole nitrogens is 1. The molecule has 3 aromatic rings. The highest BCUT2D eigenvalue weighted by molar-refractivity contribution is 5.72. The number of hydrogen-bond acceptors (Lipinski definition) is 6. The van der Waals surface area contributed by atoms with Crippen LogP contribution < -0.4 is 10.6 Å². The van der Waals surface area contributed by atoms with Crippen molar-refractivity contribution in [3.63, 3.8) is 0 Å². The molecule has 7 rings (SSSR count). The summed E-state index contributed by atoms with van der Waals surface area (Å²) in [4.78, 5) is 16.6. The lowest BCUT2D eigenvalue weighted by atomic mass is 9.50. The van der Waals surface area contributed by atoms with Crippen LogP contribution in [0.5, 0.6) is 0 Å². The van der Waals surface area contributed by atoms with E-state index in [0.29, 0.717) is 30.2 Å². The number of hydrogen-bond donors (Lipinski definition) is 3. The zero-order valence-corrected chi connectivity index (χ0v) is 17.1. The number of alkyl carbamates (subject to hydrolysis) is 1. The number of aromatic amines is 1. The largest absolute Gasteiger partial charge is 0.443 e. The van der Waals surface area contributed by atoms with E-state index >= 15 is 4.39 Å². The fraction of sp³-hybridized carbons (Fsp3) is 0.524. The second-order valence-corrected chi connectivity index (χ2v) is 9.18. The van der Waals surface area contributed by atoms with Crippen molar-refractivity contribution in [3.05, 3.63) is 35.9 Å². The number of aromatic nitrogens is 5. The predicted octanol–water partition coefficient (Wildman–Crippen LogP) is 3.37. The molecule has 0 radical (unpaired) electrons. The lowest BCUT2D eigenvalue weighted by Gasteiger charge is -2.61. The summed E-state index contributed by atoms with van der Waals surface area (Å²) in [5, 5.41) is 17.7. The molecule has 4 saturated carbocycles. The summed E-state index contributed by atoms with van der Waals surface area (Å²) in [6.45, 7) is 1.92. The first-order valence-corrected chi connectivity index (χ1v) is 10.7. The lowest BCUT2D eigenvalue weighted by molar-refractivity contribution is -0.0532. The standard InChI is InChI=1S/C21H24FN7O2/c1-11-6-15-19(23-4-5-29(15)28-11)24-17-7-14(26-27-17)13-2-3-16(18(13)22)31-20(30)25-21-8-12(9-21)10-21/h4-7,12-13,16,18H,2-3,8-10H2,1H3,(H,25,30)(H2,23,24,26,27)/t12?,13-,16-,18-,21?/m1/s1. The number of fused-ring (bicyclic) bond motifs is 1. The van der Waals surface area contributed by atoms with Crippen molar-refractivity contribution in [1.82, 2.24) is 30.1 Å². The summed E-state index contributed by atoms with van der Waals surface area (Å²) < 4.78 is 22.3. The topological polar surface area (TPSA) is 109 Å². The molecular formula is C21H24FN7O2. The number of halogens is 1.